The molecule has 0 saturated heterocycles. The normalized spacial score (nSPS) is 10.6. The number of carbonyl (C=O) groups is 1. The van der Waals surface area contributed by atoms with Crippen LogP contribution in [0, 0.1) is 18.6 Å². The van der Waals surface area contributed by atoms with Gasteiger partial charge in [0.2, 0.25) is 0 Å². The summed E-state index contributed by atoms with van der Waals surface area (Å²) in [7, 11) is 0. The highest BCUT2D eigenvalue weighted by molar-refractivity contribution is 6.37. The standard InChI is InChI=1S/C14H8Cl2F2O/c1-7-2-5-11(17)12(13(7)18)14(19)9-4-3-8(15)6-10(9)16/h2-6H,1H3. The quantitative estimate of drug-likeness (QED) is 0.727. The second-order valence-corrected chi connectivity index (χ2v) is 4.85. The maximum atomic E-state index is 13.9. The van der Waals surface area contributed by atoms with E-state index in [1.807, 2.05) is 0 Å². The Kier molecular flexibility index (Phi) is 3.88. The average Bonchev–Trinajstić information content (AvgIpc) is 2.34. The van der Waals surface area contributed by atoms with Crippen LogP contribution in [-0.4, -0.2) is 5.78 Å². The Morgan fingerprint density at radius 2 is 1.79 bits per heavy atom. The molecule has 0 amide bonds. The van der Waals surface area contributed by atoms with Crippen molar-refractivity contribution in [3.63, 3.8) is 0 Å². The summed E-state index contributed by atoms with van der Waals surface area (Å²) in [6.45, 7) is 1.45. The van der Waals surface area contributed by atoms with Crippen LogP contribution in [0.3, 0.4) is 0 Å². The molecule has 0 N–H and O–H groups in total. The Hall–Kier alpha value is -1.45. The van der Waals surface area contributed by atoms with E-state index in [9.17, 15) is 13.6 Å². The number of ketones is 1. The van der Waals surface area contributed by atoms with Crippen LogP contribution < -0.4 is 0 Å². The molecule has 0 bridgehead atoms. The fourth-order valence-electron chi connectivity index (χ4n) is 1.67. The van der Waals surface area contributed by atoms with Crippen molar-refractivity contribution < 1.29 is 13.6 Å². The lowest BCUT2D eigenvalue weighted by Crippen LogP contribution is -2.09. The van der Waals surface area contributed by atoms with Crippen LogP contribution in [0.2, 0.25) is 10.0 Å². The van der Waals surface area contributed by atoms with Crippen molar-refractivity contribution in [2.75, 3.05) is 0 Å². The second kappa shape index (κ2) is 5.27. The van der Waals surface area contributed by atoms with E-state index in [4.69, 9.17) is 23.2 Å². The second-order valence-electron chi connectivity index (χ2n) is 4.01. The molecule has 98 valence electrons. The van der Waals surface area contributed by atoms with E-state index in [-0.39, 0.29) is 16.1 Å². The van der Waals surface area contributed by atoms with E-state index < -0.39 is 23.0 Å². The highest BCUT2D eigenvalue weighted by Gasteiger charge is 2.22. The zero-order chi connectivity index (χ0) is 14.2. The van der Waals surface area contributed by atoms with Crippen molar-refractivity contribution in [1.29, 1.82) is 0 Å². The first kappa shape index (κ1) is 14.0. The number of benzene rings is 2. The monoisotopic (exact) mass is 300 g/mol. The van der Waals surface area contributed by atoms with E-state index in [0.29, 0.717) is 5.02 Å². The van der Waals surface area contributed by atoms with E-state index in [1.165, 1.54) is 31.2 Å². The minimum Gasteiger partial charge on any atom is -0.288 e. The third-order valence-electron chi connectivity index (χ3n) is 2.69. The van der Waals surface area contributed by atoms with Gasteiger partial charge in [0.1, 0.15) is 11.6 Å². The van der Waals surface area contributed by atoms with E-state index in [0.717, 1.165) is 6.07 Å². The lowest BCUT2D eigenvalue weighted by Gasteiger charge is -2.08. The highest BCUT2D eigenvalue weighted by atomic mass is 35.5. The van der Waals surface area contributed by atoms with Crippen LogP contribution in [-0.2, 0) is 0 Å². The molecule has 0 saturated carbocycles. The predicted molar refractivity (Wildman–Crippen MR) is 71.0 cm³/mol. The van der Waals surface area contributed by atoms with E-state index in [1.54, 1.807) is 0 Å². The molecular formula is C14H8Cl2F2O. The van der Waals surface area contributed by atoms with Crippen molar-refractivity contribution in [1.82, 2.24) is 0 Å². The predicted octanol–water partition coefficient (Wildman–Crippen LogP) is 4.81. The van der Waals surface area contributed by atoms with E-state index in [2.05, 4.69) is 0 Å². The topological polar surface area (TPSA) is 17.1 Å². The lowest BCUT2D eigenvalue weighted by atomic mass is 10.00. The average molecular weight is 301 g/mol. The first-order valence-corrected chi connectivity index (χ1v) is 6.11. The summed E-state index contributed by atoms with van der Waals surface area (Å²) in [6, 6.07) is 6.45. The van der Waals surface area contributed by atoms with Gasteiger partial charge in [-0.3, -0.25) is 4.79 Å². The SMILES string of the molecule is Cc1ccc(F)c(C(=O)c2ccc(Cl)cc2Cl)c1F. The van der Waals surface area contributed by atoms with Gasteiger partial charge in [-0.25, -0.2) is 8.78 Å². The zero-order valence-electron chi connectivity index (χ0n) is 9.81. The van der Waals surface area contributed by atoms with Gasteiger partial charge in [-0.05, 0) is 36.8 Å². The molecule has 0 heterocycles. The molecule has 2 rings (SSSR count). The largest absolute Gasteiger partial charge is 0.288 e. The molecule has 0 aliphatic heterocycles. The molecule has 2 aromatic rings. The molecule has 19 heavy (non-hydrogen) atoms. The van der Waals surface area contributed by atoms with Gasteiger partial charge in [0, 0.05) is 10.6 Å². The number of hydrogen-bond acceptors (Lipinski definition) is 1. The van der Waals surface area contributed by atoms with Crippen LogP contribution in [0.15, 0.2) is 30.3 Å². The number of rotatable bonds is 2. The minimum atomic E-state index is -0.917. The summed E-state index contributed by atoms with van der Waals surface area (Å²) in [6.07, 6.45) is 0. The summed E-state index contributed by atoms with van der Waals surface area (Å²) in [5.74, 6) is -2.60. The van der Waals surface area contributed by atoms with Gasteiger partial charge in [-0.1, -0.05) is 29.3 Å². The van der Waals surface area contributed by atoms with Crippen LogP contribution in [0.25, 0.3) is 0 Å². The molecular weight excluding hydrogens is 293 g/mol. The van der Waals surface area contributed by atoms with Gasteiger partial charge in [0.05, 0.1) is 10.6 Å². The number of carbonyl (C=O) groups excluding carboxylic acids is 1. The number of halogens is 4. The molecule has 2 aromatic carbocycles. The van der Waals surface area contributed by atoms with Crippen LogP contribution in [0.1, 0.15) is 21.5 Å². The van der Waals surface area contributed by atoms with Crippen LogP contribution in [0.5, 0.6) is 0 Å². The molecule has 0 aliphatic carbocycles. The molecule has 0 radical (unpaired) electrons. The molecule has 0 aromatic heterocycles. The highest BCUT2D eigenvalue weighted by Crippen LogP contribution is 2.26. The molecule has 0 spiro atoms. The molecule has 5 heteroatoms. The van der Waals surface area contributed by atoms with Gasteiger partial charge in [0.25, 0.3) is 0 Å². The first-order valence-electron chi connectivity index (χ1n) is 5.36. The molecule has 0 atom stereocenters. The maximum absolute atomic E-state index is 13.9. The fraction of sp³-hybridized carbons (Fsp3) is 0.0714. The van der Waals surface area contributed by atoms with Gasteiger partial charge in [0.15, 0.2) is 5.78 Å². The van der Waals surface area contributed by atoms with Gasteiger partial charge < -0.3 is 0 Å². The third kappa shape index (κ3) is 2.62. The van der Waals surface area contributed by atoms with E-state index >= 15 is 0 Å². The summed E-state index contributed by atoms with van der Waals surface area (Å²) in [5.41, 5.74) is -0.409. The zero-order valence-corrected chi connectivity index (χ0v) is 11.3. The lowest BCUT2D eigenvalue weighted by molar-refractivity contribution is 0.103. The number of aryl methyl sites for hydroxylation is 1. The van der Waals surface area contributed by atoms with Crippen molar-refractivity contribution in [3.05, 3.63) is 68.7 Å². The summed E-state index contributed by atoms with van der Waals surface area (Å²) in [5, 5.41) is 0.393. The molecule has 0 aliphatic rings. The maximum Gasteiger partial charge on any atom is 0.200 e. The van der Waals surface area contributed by atoms with Crippen molar-refractivity contribution in [2.45, 2.75) is 6.92 Å². The summed E-state index contributed by atoms with van der Waals surface area (Å²) < 4.78 is 27.5. The molecule has 0 fully saturated rings. The Morgan fingerprint density at radius 1 is 1.11 bits per heavy atom. The summed E-state index contributed by atoms with van der Waals surface area (Å²) >= 11 is 11.6. The fourth-order valence-corrected chi connectivity index (χ4v) is 2.17. The third-order valence-corrected chi connectivity index (χ3v) is 3.23. The first-order chi connectivity index (χ1) is 8.91. The minimum absolute atomic E-state index is 0.00877. The van der Waals surface area contributed by atoms with Crippen molar-refractivity contribution in [3.8, 4) is 0 Å². The Balaban J connectivity index is 2.59. The van der Waals surface area contributed by atoms with Crippen LogP contribution >= 0.6 is 23.2 Å². The molecule has 1 nitrogen and oxygen atoms in total. The Morgan fingerprint density at radius 3 is 2.42 bits per heavy atom. The smallest absolute Gasteiger partial charge is 0.200 e. The number of hydrogen-bond donors (Lipinski definition) is 0. The van der Waals surface area contributed by atoms with Crippen molar-refractivity contribution in [2.24, 2.45) is 0 Å². The van der Waals surface area contributed by atoms with Crippen LogP contribution in [0.4, 0.5) is 8.78 Å². The van der Waals surface area contributed by atoms with Crippen molar-refractivity contribution >= 4 is 29.0 Å². The Bertz CT molecular complexity index is 669. The molecule has 0 unspecified atom stereocenters. The van der Waals surface area contributed by atoms with Gasteiger partial charge in [-0.2, -0.15) is 0 Å². The summed E-state index contributed by atoms with van der Waals surface area (Å²) in [4.78, 5) is 12.2. The van der Waals surface area contributed by atoms with Gasteiger partial charge >= 0.3 is 0 Å². The Labute approximate surface area is 118 Å². The van der Waals surface area contributed by atoms with Gasteiger partial charge in [-0.15, -0.1) is 0 Å².